The van der Waals surface area contributed by atoms with Gasteiger partial charge in [-0.15, -0.1) is 0 Å². The number of hydrogen-bond acceptors (Lipinski definition) is 3. The Morgan fingerprint density at radius 3 is 3.00 bits per heavy atom. The molecule has 1 aliphatic rings. The normalized spacial score (nSPS) is 17.6. The van der Waals surface area contributed by atoms with Crippen LogP contribution in [0.3, 0.4) is 0 Å². The van der Waals surface area contributed by atoms with Crippen LogP contribution in [0.25, 0.3) is 0 Å². The lowest BCUT2D eigenvalue weighted by atomic mass is 10.0. The number of aromatic nitrogens is 3. The molecule has 5 nitrogen and oxygen atoms in total. The molecule has 2 aromatic heterocycles. The minimum Gasteiger partial charge on any atom is -0.342 e. The van der Waals surface area contributed by atoms with Gasteiger partial charge < -0.3 is 9.47 Å². The van der Waals surface area contributed by atoms with E-state index in [4.69, 9.17) is 0 Å². The highest BCUT2D eigenvalue weighted by atomic mass is 16.2. The van der Waals surface area contributed by atoms with E-state index < -0.39 is 0 Å². The van der Waals surface area contributed by atoms with Crippen molar-refractivity contribution in [2.24, 2.45) is 5.92 Å². The Bertz CT molecular complexity index is 637. The lowest BCUT2D eigenvalue weighted by Crippen LogP contribution is -2.29. The number of carbonyl (C=O) groups excluding carboxylic acids is 1. The van der Waals surface area contributed by atoms with Crippen molar-refractivity contribution in [1.29, 1.82) is 0 Å². The first-order valence-electron chi connectivity index (χ1n) is 8.44. The number of pyridine rings is 1. The SMILES string of the molecule is CCc1nccn1CCC(=O)N1CCC(Cc2ccccn2)C1. The van der Waals surface area contributed by atoms with Gasteiger partial charge in [0.25, 0.3) is 0 Å². The van der Waals surface area contributed by atoms with Crippen LogP contribution < -0.4 is 0 Å². The fourth-order valence-corrected chi connectivity index (χ4v) is 3.27. The number of carbonyl (C=O) groups is 1. The Morgan fingerprint density at radius 2 is 2.22 bits per heavy atom. The van der Waals surface area contributed by atoms with Crippen molar-refractivity contribution in [3.05, 3.63) is 48.3 Å². The first kappa shape index (κ1) is 15.7. The lowest BCUT2D eigenvalue weighted by molar-refractivity contribution is -0.130. The Kier molecular flexibility index (Phi) is 5.05. The molecule has 3 heterocycles. The van der Waals surface area contributed by atoms with E-state index in [1.165, 1.54) is 0 Å². The van der Waals surface area contributed by atoms with Crippen LogP contribution in [-0.4, -0.2) is 38.4 Å². The second-order valence-corrected chi connectivity index (χ2v) is 6.16. The van der Waals surface area contributed by atoms with E-state index in [2.05, 4.69) is 27.5 Å². The van der Waals surface area contributed by atoms with E-state index in [-0.39, 0.29) is 5.91 Å². The van der Waals surface area contributed by atoms with Gasteiger partial charge in [0.1, 0.15) is 5.82 Å². The zero-order valence-electron chi connectivity index (χ0n) is 13.7. The van der Waals surface area contributed by atoms with E-state index in [1.54, 1.807) is 0 Å². The Balaban J connectivity index is 1.48. The number of nitrogens with zero attached hydrogens (tertiary/aromatic N) is 4. The molecule has 0 spiro atoms. The molecular formula is C18H24N4O. The van der Waals surface area contributed by atoms with Crippen LogP contribution in [0.4, 0.5) is 0 Å². The molecule has 1 amide bonds. The summed E-state index contributed by atoms with van der Waals surface area (Å²) in [6.07, 6.45) is 9.10. The summed E-state index contributed by atoms with van der Waals surface area (Å²) >= 11 is 0. The zero-order valence-corrected chi connectivity index (χ0v) is 13.7. The van der Waals surface area contributed by atoms with E-state index in [9.17, 15) is 4.79 Å². The maximum absolute atomic E-state index is 12.4. The van der Waals surface area contributed by atoms with Crippen LogP contribution >= 0.6 is 0 Å². The predicted molar refractivity (Wildman–Crippen MR) is 88.9 cm³/mol. The van der Waals surface area contributed by atoms with Gasteiger partial charge in [0.15, 0.2) is 0 Å². The fraction of sp³-hybridized carbons (Fsp3) is 0.500. The van der Waals surface area contributed by atoms with Crippen molar-refractivity contribution in [2.75, 3.05) is 13.1 Å². The van der Waals surface area contributed by atoms with Gasteiger partial charge in [-0.05, 0) is 30.9 Å². The number of imidazole rings is 1. The van der Waals surface area contributed by atoms with Crippen LogP contribution in [0.5, 0.6) is 0 Å². The van der Waals surface area contributed by atoms with Crippen molar-refractivity contribution in [1.82, 2.24) is 19.4 Å². The molecule has 1 saturated heterocycles. The highest BCUT2D eigenvalue weighted by Crippen LogP contribution is 2.20. The quantitative estimate of drug-likeness (QED) is 0.822. The average molecular weight is 312 g/mol. The summed E-state index contributed by atoms with van der Waals surface area (Å²) in [6, 6.07) is 6.03. The van der Waals surface area contributed by atoms with Crippen molar-refractivity contribution in [3.8, 4) is 0 Å². The molecule has 0 saturated carbocycles. The van der Waals surface area contributed by atoms with E-state index in [0.717, 1.165) is 50.4 Å². The van der Waals surface area contributed by atoms with Crippen molar-refractivity contribution in [3.63, 3.8) is 0 Å². The highest BCUT2D eigenvalue weighted by Gasteiger charge is 2.26. The van der Waals surface area contributed by atoms with Gasteiger partial charge in [-0.25, -0.2) is 4.98 Å². The minimum atomic E-state index is 0.254. The monoisotopic (exact) mass is 312 g/mol. The Hall–Kier alpha value is -2.17. The first-order valence-corrected chi connectivity index (χ1v) is 8.44. The van der Waals surface area contributed by atoms with Gasteiger partial charge in [-0.1, -0.05) is 13.0 Å². The second kappa shape index (κ2) is 7.40. The van der Waals surface area contributed by atoms with Gasteiger partial charge >= 0.3 is 0 Å². The lowest BCUT2D eigenvalue weighted by Gasteiger charge is -2.17. The largest absolute Gasteiger partial charge is 0.342 e. The van der Waals surface area contributed by atoms with Crippen LogP contribution in [0.1, 0.15) is 31.3 Å². The molecule has 0 bridgehead atoms. The van der Waals surface area contributed by atoms with E-state index in [1.807, 2.05) is 35.6 Å². The Morgan fingerprint density at radius 1 is 1.30 bits per heavy atom. The van der Waals surface area contributed by atoms with Crippen LogP contribution in [0.15, 0.2) is 36.8 Å². The molecule has 1 aliphatic heterocycles. The van der Waals surface area contributed by atoms with Gasteiger partial charge in [0.05, 0.1) is 0 Å². The summed E-state index contributed by atoms with van der Waals surface area (Å²) in [7, 11) is 0. The van der Waals surface area contributed by atoms with Crippen molar-refractivity contribution >= 4 is 5.91 Å². The molecule has 1 fully saturated rings. The molecule has 5 heteroatoms. The fourth-order valence-electron chi connectivity index (χ4n) is 3.27. The molecule has 3 rings (SSSR count). The topological polar surface area (TPSA) is 51.0 Å². The van der Waals surface area contributed by atoms with Gasteiger partial charge in [0, 0.05) is 56.8 Å². The summed E-state index contributed by atoms with van der Waals surface area (Å²) in [5, 5.41) is 0. The second-order valence-electron chi connectivity index (χ2n) is 6.16. The first-order chi connectivity index (χ1) is 11.3. The average Bonchev–Trinajstić information content (AvgIpc) is 3.22. The summed E-state index contributed by atoms with van der Waals surface area (Å²) in [6.45, 7) is 4.55. The Labute approximate surface area is 137 Å². The summed E-state index contributed by atoms with van der Waals surface area (Å²) in [4.78, 5) is 23.1. The molecule has 0 radical (unpaired) electrons. The van der Waals surface area contributed by atoms with Crippen LogP contribution in [0.2, 0.25) is 0 Å². The maximum Gasteiger partial charge on any atom is 0.224 e. The van der Waals surface area contributed by atoms with Crippen molar-refractivity contribution < 1.29 is 4.79 Å². The van der Waals surface area contributed by atoms with Gasteiger partial charge in [0.2, 0.25) is 5.91 Å². The predicted octanol–water partition coefficient (Wildman–Crippen LogP) is 2.32. The number of hydrogen-bond donors (Lipinski definition) is 0. The number of amides is 1. The third-order valence-corrected chi connectivity index (χ3v) is 4.55. The molecule has 2 aromatic rings. The number of rotatable bonds is 6. The standard InChI is InChI=1S/C18H24N4O/c1-2-17-20-9-12-21(17)11-7-18(23)22-10-6-15(14-22)13-16-5-3-4-8-19-16/h3-5,8-9,12,15H,2,6-7,10-11,13-14H2,1H3. The summed E-state index contributed by atoms with van der Waals surface area (Å²) in [5.41, 5.74) is 1.12. The molecule has 1 atom stereocenters. The van der Waals surface area contributed by atoms with Gasteiger partial charge in [-0.3, -0.25) is 9.78 Å². The van der Waals surface area contributed by atoms with Gasteiger partial charge in [-0.2, -0.15) is 0 Å². The van der Waals surface area contributed by atoms with Crippen molar-refractivity contribution in [2.45, 2.75) is 39.2 Å². The summed E-state index contributed by atoms with van der Waals surface area (Å²) < 4.78 is 2.08. The summed E-state index contributed by atoms with van der Waals surface area (Å²) in [5.74, 6) is 1.84. The third kappa shape index (κ3) is 3.97. The zero-order chi connectivity index (χ0) is 16.1. The van der Waals surface area contributed by atoms with E-state index in [0.29, 0.717) is 12.3 Å². The van der Waals surface area contributed by atoms with Crippen LogP contribution in [0, 0.1) is 5.92 Å². The molecule has 122 valence electrons. The molecule has 0 aliphatic carbocycles. The van der Waals surface area contributed by atoms with E-state index >= 15 is 0 Å². The van der Waals surface area contributed by atoms with Crippen LogP contribution in [-0.2, 0) is 24.2 Å². The maximum atomic E-state index is 12.4. The number of likely N-dealkylation sites (tertiary alicyclic amines) is 1. The molecular weight excluding hydrogens is 288 g/mol. The third-order valence-electron chi connectivity index (χ3n) is 4.55. The number of aryl methyl sites for hydroxylation is 2. The molecule has 23 heavy (non-hydrogen) atoms. The smallest absolute Gasteiger partial charge is 0.224 e. The minimum absolute atomic E-state index is 0.254. The highest BCUT2D eigenvalue weighted by molar-refractivity contribution is 5.76. The molecule has 0 N–H and O–H groups in total. The molecule has 1 unspecified atom stereocenters. The molecule has 0 aromatic carbocycles.